The van der Waals surface area contributed by atoms with Crippen molar-refractivity contribution < 1.29 is 0 Å². The van der Waals surface area contributed by atoms with E-state index in [9.17, 15) is 0 Å². The Morgan fingerprint density at radius 2 is 1.45 bits per heavy atom. The Morgan fingerprint density at radius 3 is 1.80 bits per heavy atom. The van der Waals surface area contributed by atoms with Crippen molar-refractivity contribution >= 4 is 0 Å². The van der Waals surface area contributed by atoms with Crippen LogP contribution in [0.4, 0.5) is 0 Å². The maximum Gasteiger partial charge on any atom is 0.0201 e. The Balaban J connectivity index is 4.94. The van der Waals surface area contributed by atoms with E-state index in [2.05, 4.69) is 67.6 Å². The Bertz CT molecular complexity index is 260. The summed E-state index contributed by atoms with van der Waals surface area (Å²) in [6.45, 7) is 22.5. The summed E-state index contributed by atoms with van der Waals surface area (Å²) in [5.74, 6) is 2.22. The minimum absolute atomic E-state index is 0.251. The van der Waals surface area contributed by atoms with E-state index in [1.807, 2.05) is 0 Å². The van der Waals surface area contributed by atoms with Crippen molar-refractivity contribution in [3.63, 3.8) is 0 Å². The van der Waals surface area contributed by atoms with Gasteiger partial charge in [0, 0.05) is 5.54 Å². The van der Waals surface area contributed by atoms with Crippen molar-refractivity contribution in [1.29, 1.82) is 0 Å². The molecule has 0 rings (SSSR count). The Morgan fingerprint density at radius 1 is 0.900 bits per heavy atom. The standard InChI is InChI=1S/C19H41N/c1-10-16(6)13-18(8,11-2)14-17(7)19(9,15(4)5)20-12-3/h15-17,20H,10-14H2,1-9H3. The monoisotopic (exact) mass is 283 g/mol. The second-order valence-electron chi connectivity index (χ2n) is 7.95. The molecule has 20 heavy (non-hydrogen) atoms. The molecule has 4 unspecified atom stereocenters. The van der Waals surface area contributed by atoms with Gasteiger partial charge in [-0.1, -0.05) is 68.2 Å². The first-order valence-corrected chi connectivity index (χ1v) is 8.90. The molecule has 1 heteroatoms. The van der Waals surface area contributed by atoms with E-state index in [4.69, 9.17) is 0 Å². The van der Waals surface area contributed by atoms with Crippen LogP contribution in [0.5, 0.6) is 0 Å². The van der Waals surface area contributed by atoms with Crippen molar-refractivity contribution in [1.82, 2.24) is 5.32 Å². The van der Waals surface area contributed by atoms with Crippen LogP contribution in [0.3, 0.4) is 0 Å². The summed E-state index contributed by atoms with van der Waals surface area (Å²) in [5.41, 5.74) is 0.737. The third-order valence-corrected chi connectivity index (χ3v) is 5.97. The number of nitrogens with one attached hydrogen (secondary N) is 1. The molecule has 0 aliphatic carbocycles. The van der Waals surface area contributed by atoms with E-state index >= 15 is 0 Å². The molecule has 0 saturated heterocycles. The van der Waals surface area contributed by atoms with E-state index < -0.39 is 0 Å². The lowest BCUT2D eigenvalue weighted by Gasteiger charge is -2.45. The quantitative estimate of drug-likeness (QED) is 0.527. The molecule has 0 spiro atoms. The fourth-order valence-corrected chi connectivity index (χ4v) is 3.64. The van der Waals surface area contributed by atoms with Gasteiger partial charge in [0.25, 0.3) is 0 Å². The van der Waals surface area contributed by atoms with Crippen molar-refractivity contribution in [3.8, 4) is 0 Å². The average molecular weight is 284 g/mol. The molecule has 0 aliphatic rings. The van der Waals surface area contributed by atoms with E-state index in [1.165, 1.54) is 25.7 Å². The van der Waals surface area contributed by atoms with Crippen LogP contribution in [0.15, 0.2) is 0 Å². The van der Waals surface area contributed by atoms with Crippen LogP contribution in [0, 0.1) is 23.2 Å². The third-order valence-electron chi connectivity index (χ3n) is 5.97. The van der Waals surface area contributed by atoms with Crippen LogP contribution < -0.4 is 5.32 Å². The number of hydrogen-bond acceptors (Lipinski definition) is 1. The maximum absolute atomic E-state index is 3.77. The van der Waals surface area contributed by atoms with Gasteiger partial charge < -0.3 is 5.32 Å². The lowest BCUT2D eigenvalue weighted by atomic mass is 9.66. The Kier molecular flexibility index (Phi) is 8.40. The van der Waals surface area contributed by atoms with Gasteiger partial charge in [-0.2, -0.15) is 0 Å². The van der Waals surface area contributed by atoms with Crippen LogP contribution in [0.25, 0.3) is 0 Å². The highest BCUT2D eigenvalue weighted by Crippen LogP contribution is 2.41. The lowest BCUT2D eigenvalue weighted by molar-refractivity contribution is 0.102. The molecule has 0 aliphatic heterocycles. The summed E-state index contributed by atoms with van der Waals surface area (Å²) in [5, 5.41) is 3.77. The molecule has 0 bridgehead atoms. The fourth-order valence-electron chi connectivity index (χ4n) is 3.64. The first kappa shape index (κ1) is 20.0. The van der Waals surface area contributed by atoms with E-state index in [0.29, 0.717) is 17.3 Å². The number of hydrogen-bond donors (Lipinski definition) is 1. The molecule has 0 radical (unpaired) electrons. The zero-order valence-electron chi connectivity index (χ0n) is 15.8. The first-order chi connectivity index (χ1) is 9.15. The zero-order chi connectivity index (χ0) is 16.0. The van der Waals surface area contributed by atoms with Crippen molar-refractivity contribution in [2.75, 3.05) is 6.54 Å². The molecular weight excluding hydrogens is 242 g/mol. The van der Waals surface area contributed by atoms with Gasteiger partial charge in [-0.05, 0) is 49.5 Å². The van der Waals surface area contributed by atoms with Gasteiger partial charge in [-0.3, -0.25) is 0 Å². The fraction of sp³-hybridized carbons (Fsp3) is 1.00. The van der Waals surface area contributed by atoms with Crippen molar-refractivity contribution in [2.24, 2.45) is 23.2 Å². The predicted octanol–water partition coefficient (Wildman–Crippen LogP) is 5.89. The molecular formula is C19H41N. The van der Waals surface area contributed by atoms with Crippen LogP contribution in [-0.4, -0.2) is 12.1 Å². The molecule has 122 valence electrons. The minimum Gasteiger partial charge on any atom is -0.311 e. The first-order valence-electron chi connectivity index (χ1n) is 8.90. The topological polar surface area (TPSA) is 12.0 Å². The van der Waals surface area contributed by atoms with Gasteiger partial charge in [-0.15, -0.1) is 0 Å². The SMILES string of the molecule is CCNC(C)(C(C)C)C(C)CC(C)(CC)CC(C)CC. The summed E-state index contributed by atoms with van der Waals surface area (Å²) in [6, 6.07) is 0. The van der Waals surface area contributed by atoms with Gasteiger partial charge in [0.05, 0.1) is 0 Å². The molecule has 0 heterocycles. The summed E-state index contributed by atoms with van der Waals surface area (Å²) in [6.07, 6.45) is 5.29. The van der Waals surface area contributed by atoms with E-state index in [1.54, 1.807) is 0 Å². The van der Waals surface area contributed by atoms with Crippen LogP contribution in [0.1, 0.15) is 88.0 Å². The van der Waals surface area contributed by atoms with Gasteiger partial charge >= 0.3 is 0 Å². The van der Waals surface area contributed by atoms with Gasteiger partial charge in [0.1, 0.15) is 0 Å². The van der Waals surface area contributed by atoms with Gasteiger partial charge in [-0.25, -0.2) is 0 Å². The average Bonchev–Trinajstić information content (AvgIpc) is 2.38. The summed E-state index contributed by atoms with van der Waals surface area (Å²) in [7, 11) is 0. The highest BCUT2D eigenvalue weighted by molar-refractivity contribution is 4.93. The molecule has 0 aromatic carbocycles. The Labute approximate surface area is 129 Å². The molecule has 0 aromatic heterocycles. The molecule has 0 aromatic rings. The van der Waals surface area contributed by atoms with Crippen LogP contribution >= 0.6 is 0 Å². The highest BCUT2D eigenvalue weighted by Gasteiger charge is 2.37. The minimum atomic E-state index is 0.251. The number of rotatable bonds is 10. The second-order valence-corrected chi connectivity index (χ2v) is 7.95. The highest BCUT2D eigenvalue weighted by atomic mass is 15.0. The Hall–Kier alpha value is -0.0400. The van der Waals surface area contributed by atoms with Crippen LogP contribution in [-0.2, 0) is 0 Å². The molecule has 1 N–H and O–H groups in total. The summed E-state index contributed by atoms with van der Waals surface area (Å²) < 4.78 is 0. The van der Waals surface area contributed by atoms with E-state index in [0.717, 1.165) is 12.5 Å². The molecule has 0 saturated carbocycles. The van der Waals surface area contributed by atoms with Crippen molar-refractivity contribution in [3.05, 3.63) is 0 Å². The molecule has 4 atom stereocenters. The van der Waals surface area contributed by atoms with E-state index in [-0.39, 0.29) is 5.54 Å². The molecule has 0 fully saturated rings. The largest absolute Gasteiger partial charge is 0.311 e. The lowest BCUT2D eigenvalue weighted by Crippen LogP contribution is -2.53. The molecule has 1 nitrogen and oxygen atoms in total. The maximum atomic E-state index is 3.77. The summed E-state index contributed by atoms with van der Waals surface area (Å²) in [4.78, 5) is 0. The van der Waals surface area contributed by atoms with Gasteiger partial charge in [0.2, 0.25) is 0 Å². The third kappa shape index (κ3) is 5.39. The van der Waals surface area contributed by atoms with Crippen LogP contribution in [0.2, 0.25) is 0 Å². The zero-order valence-corrected chi connectivity index (χ0v) is 15.8. The predicted molar refractivity (Wildman–Crippen MR) is 93.2 cm³/mol. The molecule has 0 amide bonds. The summed E-state index contributed by atoms with van der Waals surface area (Å²) >= 11 is 0. The smallest absolute Gasteiger partial charge is 0.0201 e. The second kappa shape index (κ2) is 8.41. The van der Waals surface area contributed by atoms with Gasteiger partial charge in [0.15, 0.2) is 0 Å². The van der Waals surface area contributed by atoms with Crippen molar-refractivity contribution in [2.45, 2.75) is 93.5 Å². The normalized spacial score (nSPS) is 21.3.